The first kappa shape index (κ1) is 20.6. The van der Waals surface area contributed by atoms with Gasteiger partial charge in [-0.3, -0.25) is 9.59 Å². The van der Waals surface area contributed by atoms with E-state index in [2.05, 4.69) is 10.3 Å². The highest BCUT2D eigenvalue weighted by Crippen LogP contribution is 2.20. The van der Waals surface area contributed by atoms with Gasteiger partial charge < -0.3 is 19.9 Å². The van der Waals surface area contributed by atoms with Gasteiger partial charge in [-0.2, -0.15) is 0 Å². The van der Waals surface area contributed by atoms with Crippen LogP contribution in [0.3, 0.4) is 0 Å². The average molecular weight is 396 g/mol. The van der Waals surface area contributed by atoms with Crippen molar-refractivity contribution in [3.63, 3.8) is 0 Å². The van der Waals surface area contributed by atoms with Gasteiger partial charge >= 0.3 is 0 Å². The lowest BCUT2D eigenvalue weighted by molar-refractivity contribution is -0.135. The number of carbonyl (C=O) groups excluding carboxylic acids is 2. The quantitative estimate of drug-likeness (QED) is 0.779. The average Bonchev–Trinajstić information content (AvgIpc) is 2.74. The molecule has 0 saturated carbocycles. The Morgan fingerprint density at radius 1 is 1.10 bits per heavy atom. The summed E-state index contributed by atoms with van der Waals surface area (Å²) in [6.45, 7) is 1.54. The summed E-state index contributed by atoms with van der Waals surface area (Å²) >= 11 is 0. The van der Waals surface area contributed by atoms with Gasteiger partial charge in [0.25, 0.3) is 0 Å². The topological polar surface area (TPSA) is 74.8 Å². The van der Waals surface area contributed by atoms with E-state index in [9.17, 15) is 9.59 Å². The van der Waals surface area contributed by atoms with E-state index in [1.165, 1.54) is 0 Å². The van der Waals surface area contributed by atoms with Crippen molar-refractivity contribution in [3.05, 3.63) is 48.5 Å². The normalized spacial score (nSPS) is 14.3. The molecule has 1 aromatic carbocycles. The molecule has 2 amide bonds. The molecule has 1 aliphatic rings. The number of aromatic nitrogens is 1. The Bertz CT molecular complexity index is 818. The Morgan fingerprint density at radius 2 is 1.83 bits per heavy atom. The number of anilines is 2. The highest BCUT2D eigenvalue weighted by Gasteiger charge is 2.27. The number of hydrogen-bond acceptors (Lipinski definition) is 5. The maximum atomic E-state index is 12.6. The molecule has 29 heavy (non-hydrogen) atoms. The standard InChI is InChI=1S/C22H28N4O3/c1-25(2)20-10-6-9-19(23-20)24-22(28)17-11-14-26(15-12-17)21(27)13-16-29-18-7-4-3-5-8-18/h3-10,17H,11-16H2,1-2H3,(H,23,24,28). The Hall–Kier alpha value is -3.09. The molecule has 1 aromatic heterocycles. The molecule has 1 saturated heterocycles. The molecule has 1 N–H and O–H groups in total. The first-order valence-electron chi connectivity index (χ1n) is 9.94. The zero-order chi connectivity index (χ0) is 20.6. The predicted molar refractivity (Wildman–Crippen MR) is 113 cm³/mol. The minimum atomic E-state index is -0.107. The predicted octanol–water partition coefficient (Wildman–Crippen LogP) is 2.79. The monoisotopic (exact) mass is 396 g/mol. The number of piperidine rings is 1. The molecule has 0 spiro atoms. The maximum Gasteiger partial charge on any atom is 0.228 e. The summed E-state index contributed by atoms with van der Waals surface area (Å²) in [5.74, 6) is 2.04. The molecule has 7 nitrogen and oxygen atoms in total. The Labute approximate surface area is 171 Å². The zero-order valence-corrected chi connectivity index (χ0v) is 17.0. The second kappa shape index (κ2) is 9.91. The maximum absolute atomic E-state index is 12.6. The second-order valence-electron chi connectivity index (χ2n) is 7.33. The van der Waals surface area contributed by atoms with Crippen molar-refractivity contribution < 1.29 is 14.3 Å². The van der Waals surface area contributed by atoms with E-state index in [0.717, 1.165) is 11.6 Å². The van der Waals surface area contributed by atoms with Gasteiger partial charge in [-0.05, 0) is 37.1 Å². The fraction of sp³-hybridized carbons (Fsp3) is 0.409. The Morgan fingerprint density at radius 3 is 2.52 bits per heavy atom. The summed E-state index contributed by atoms with van der Waals surface area (Å²) in [4.78, 5) is 33.1. The van der Waals surface area contributed by atoms with Crippen LogP contribution < -0.4 is 15.0 Å². The van der Waals surface area contributed by atoms with Crippen molar-refractivity contribution in [1.29, 1.82) is 0 Å². The Balaban J connectivity index is 1.41. The van der Waals surface area contributed by atoms with Crippen LogP contribution in [0.25, 0.3) is 0 Å². The highest BCUT2D eigenvalue weighted by molar-refractivity contribution is 5.92. The molecule has 3 rings (SSSR count). The first-order valence-corrected chi connectivity index (χ1v) is 9.94. The van der Waals surface area contributed by atoms with Crippen LogP contribution in [0.4, 0.5) is 11.6 Å². The van der Waals surface area contributed by atoms with Crippen LogP contribution in [0.15, 0.2) is 48.5 Å². The van der Waals surface area contributed by atoms with Crippen LogP contribution >= 0.6 is 0 Å². The van der Waals surface area contributed by atoms with Gasteiger partial charge in [0.05, 0.1) is 13.0 Å². The van der Waals surface area contributed by atoms with E-state index >= 15 is 0 Å². The second-order valence-corrected chi connectivity index (χ2v) is 7.33. The number of likely N-dealkylation sites (tertiary alicyclic amines) is 1. The molecule has 0 bridgehead atoms. The van der Waals surface area contributed by atoms with Crippen molar-refractivity contribution in [2.45, 2.75) is 19.3 Å². The fourth-order valence-corrected chi connectivity index (χ4v) is 3.29. The molecular formula is C22H28N4O3. The molecule has 7 heteroatoms. The van der Waals surface area contributed by atoms with E-state index in [1.807, 2.05) is 66.4 Å². The number of amides is 2. The van der Waals surface area contributed by atoms with Gasteiger partial charge in [0.1, 0.15) is 17.4 Å². The summed E-state index contributed by atoms with van der Waals surface area (Å²) in [6.07, 6.45) is 1.65. The van der Waals surface area contributed by atoms with E-state index in [-0.39, 0.29) is 17.7 Å². The third-order valence-electron chi connectivity index (χ3n) is 4.99. The zero-order valence-electron chi connectivity index (χ0n) is 17.0. The van der Waals surface area contributed by atoms with Gasteiger partial charge in [-0.1, -0.05) is 24.3 Å². The lowest BCUT2D eigenvalue weighted by Gasteiger charge is -2.31. The van der Waals surface area contributed by atoms with E-state index in [1.54, 1.807) is 6.07 Å². The molecule has 0 radical (unpaired) electrons. The minimum absolute atomic E-state index is 0.0343. The lowest BCUT2D eigenvalue weighted by Crippen LogP contribution is -2.41. The summed E-state index contributed by atoms with van der Waals surface area (Å²) in [5, 5.41) is 2.90. The number of nitrogens with one attached hydrogen (secondary N) is 1. The number of carbonyl (C=O) groups is 2. The number of para-hydroxylation sites is 1. The summed E-state index contributed by atoms with van der Waals surface area (Å²) in [7, 11) is 3.82. The van der Waals surface area contributed by atoms with Crippen LogP contribution in [0.1, 0.15) is 19.3 Å². The summed E-state index contributed by atoms with van der Waals surface area (Å²) in [6, 6.07) is 15.0. The number of hydrogen-bond donors (Lipinski definition) is 1. The molecular weight excluding hydrogens is 368 g/mol. The molecule has 2 heterocycles. The Kier molecular flexibility index (Phi) is 7.05. The summed E-state index contributed by atoms with van der Waals surface area (Å²) in [5.41, 5.74) is 0. The van der Waals surface area contributed by atoms with Gasteiger partial charge in [0, 0.05) is 33.1 Å². The van der Waals surface area contributed by atoms with Crippen molar-refractivity contribution in [2.75, 3.05) is 44.0 Å². The molecule has 154 valence electrons. The number of pyridine rings is 1. The molecule has 2 aromatic rings. The molecule has 1 aliphatic heterocycles. The van der Waals surface area contributed by atoms with Crippen LogP contribution in [0.5, 0.6) is 5.75 Å². The highest BCUT2D eigenvalue weighted by atomic mass is 16.5. The van der Waals surface area contributed by atoms with Crippen LogP contribution in [-0.4, -0.2) is 55.5 Å². The SMILES string of the molecule is CN(C)c1cccc(NC(=O)C2CCN(C(=O)CCOc3ccccc3)CC2)n1. The number of nitrogens with zero attached hydrogens (tertiary/aromatic N) is 3. The fourth-order valence-electron chi connectivity index (χ4n) is 3.29. The number of rotatable bonds is 7. The van der Waals surface area contributed by atoms with Crippen molar-refractivity contribution in [1.82, 2.24) is 9.88 Å². The molecule has 1 fully saturated rings. The van der Waals surface area contributed by atoms with Crippen LogP contribution in [-0.2, 0) is 9.59 Å². The van der Waals surface area contributed by atoms with Gasteiger partial charge in [0.15, 0.2) is 0 Å². The number of benzene rings is 1. The van der Waals surface area contributed by atoms with Crippen molar-refractivity contribution in [3.8, 4) is 5.75 Å². The van der Waals surface area contributed by atoms with Crippen molar-refractivity contribution in [2.24, 2.45) is 5.92 Å². The lowest BCUT2D eigenvalue weighted by atomic mass is 9.95. The van der Waals surface area contributed by atoms with Crippen LogP contribution in [0, 0.1) is 5.92 Å². The minimum Gasteiger partial charge on any atom is -0.493 e. The smallest absolute Gasteiger partial charge is 0.228 e. The van der Waals surface area contributed by atoms with Gasteiger partial charge in [-0.25, -0.2) is 4.98 Å². The third kappa shape index (κ3) is 5.94. The summed E-state index contributed by atoms with van der Waals surface area (Å²) < 4.78 is 5.60. The van der Waals surface area contributed by atoms with E-state index in [0.29, 0.717) is 44.8 Å². The third-order valence-corrected chi connectivity index (χ3v) is 4.99. The largest absolute Gasteiger partial charge is 0.493 e. The first-order chi connectivity index (χ1) is 14.0. The van der Waals surface area contributed by atoms with Crippen molar-refractivity contribution >= 4 is 23.5 Å². The van der Waals surface area contributed by atoms with E-state index in [4.69, 9.17) is 4.74 Å². The molecule has 0 aliphatic carbocycles. The van der Waals surface area contributed by atoms with E-state index < -0.39 is 0 Å². The number of ether oxygens (including phenoxy) is 1. The van der Waals surface area contributed by atoms with Gasteiger partial charge in [0.2, 0.25) is 11.8 Å². The molecule has 0 atom stereocenters. The van der Waals surface area contributed by atoms with Gasteiger partial charge in [-0.15, -0.1) is 0 Å². The van der Waals surface area contributed by atoms with Crippen LogP contribution in [0.2, 0.25) is 0 Å². The molecule has 0 unspecified atom stereocenters.